The SMILES string of the molecule is O=C(NCCCOCC1CCCO1)c1cc2c(F)cccc2s1. The van der Waals surface area contributed by atoms with Gasteiger partial charge in [-0.15, -0.1) is 11.3 Å². The Morgan fingerprint density at radius 1 is 1.48 bits per heavy atom. The second kappa shape index (κ2) is 7.86. The molecule has 23 heavy (non-hydrogen) atoms. The molecule has 1 N–H and O–H groups in total. The molecule has 1 amide bonds. The van der Waals surface area contributed by atoms with Gasteiger partial charge in [0, 0.05) is 29.8 Å². The molecular formula is C17H20FNO3S. The molecule has 1 saturated heterocycles. The summed E-state index contributed by atoms with van der Waals surface area (Å²) in [5.74, 6) is -0.454. The number of halogens is 1. The second-order valence-electron chi connectivity index (χ2n) is 5.58. The lowest BCUT2D eigenvalue weighted by Crippen LogP contribution is -2.25. The molecule has 2 aromatic rings. The fraction of sp³-hybridized carbons (Fsp3) is 0.471. The maximum Gasteiger partial charge on any atom is 0.261 e. The third-order valence-corrected chi connectivity index (χ3v) is 4.91. The van der Waals surface area contributed by atoms with E-state index in [2.05, 4.69) is 5.32 Å². The monoisotopic (exact) mass is 337 g/mol. The number of carbonyl (C=O) groups excluding carboxylic acids is 1. The maximum absolute atomic E-state index is 13.6. The quantitative estimate of drug-likeness (QED) is 0.788. The molecule has 1 aromatic carbocycles. The van der Waals surface area contributed by atoms with Crippen molar-refractivity contribution in [1.29, 1.82) is 0 Å². The molecule has 1 aliphatic heterocycles. The molecule has 0 saturated carbocycles. The van der Waals surface area contributed by atoms with Crippen molar-refractivity contribution in [3.05, 3.63) is 35.0 Å². The molecule has 1 aromatic heterocycles. The van der Waals surface area contributed by atoms with Crippen molar-refractivity contribution in [2.24, 2.45) is 0 Å². The summed E-state index contributed by atoms with van der Waals surface area (Å²) in [5.41, 5.74) is 0. The molecule has 0 bridgehead atoms. The largest absolute Gasteiger partial charge is 0.379 e. The van der Waals surface area contributed by atoms with Crippen LogP contribution in [-0.4, -0.2) is 38.4 Å². The molecule has 1 fully saturated rings. The molecule has 3 rings (SSSR count). The summed E-state index contributed by atoms with van der Waals surface area (Å²) in [6.45, 7) is 2.60. The third-order valence-electron chi connectivity index (χ3n) is 3.81. The van der Waals surface area contributed by atoms with Crippen LogP contribution in [0.2, 0.25) is 0 Å². The number of benzene rings is 1. The van der Waals surface area contributed by atoms with Crippen LogP contribution in [0, 0.1) is 5.82 Å². The Morgan fingerprint density at radius 2 is 2.39 bits per heavy atom. The van der Waals surface area contributed by atoms with Crippen LogP contribution in [0.4, 0.5) is 4.39 Å². The zero-order valence-corrected chi connectivity index (χ0v) is 13.7. The lowest BCUT2D eigenvalue weighted by Gasteiger charge is -2.10. The predicted molar refractivity (Wildman–Crippen MR) is 88.5 cm³/mol. The van der Waals surface area contributed by atoms with Gasteiger partial charge in [0.2, 0.25) is 0 Å². The zero-order valence-electron chi connectivity index (χ0n) is 12.8. The van der Waals surface area contributed by atoms with E-state index in [1.54, 1.807) is 12.1 Å². The van der Waals surface area contributed by atoms with Gasteiger partial charge in [0.1, 0.15) is 5.82 Å². The number of hydrogen-bond acceptors (Lipinski definition) is 4. The van der Waals surface area contributed by atoms with Gasteiger partial charge in [0.15, 0.2) is 0 Å². The maximum atomic E-state index is 13.6. The highest BCUT2D eigenvalue weighted by Gasteiger charge is 2.15. The van der Waals surface area contributed by atoms with Gasteiger partial charge in [0.25, 0.3) is 5.91 Å². The van der Waals surface area contributed by atoms with Gasteiger partial charge in [0.05, 0.1) is 17.6 Å². The Kier molecular flexibility index (Phi) is 5.59. The van der Waals surface area contributed by atoms with Crippen molar-refractivity contribution in [1.82, 2.24) is 5.32 Å². The fourth-order valence-corrected chi connectivity index (χ4v) is 3.58. The first-order valence-corrected chi connectivity index (χ1v) is 8.71. The van der Waals surface area contributed by atoms with Gasteiger partial charge in [-0.25, -0.2) is 4.39 Å². The number of carbonyl (C=O) groups is 1. The molecule has 4 nitrogen and oxygen atoms in total. The molecule has 2 heterocycles. The van der Waals surface area contributed by atoms with Gasteiger partial charge < -0.3 is 14.8 Å². The van der Waals surface area contributed by atoms with Gasteiger partial charge in [-0.3, -0.25) is 4.79 Å². The van der Waals surface area contributed by atoms with Crippen molar-refractivity contribution >= 4 is 27.3 Å². The van der Waals surface area contributed by atoms with Crippen LogP contribution in [-0.2, 0) is 9.47 Å². The van der Waals surface area contributed by atoms with E-state index in [0.717, 1.165) is 30.6 Å². The third kappa shape index (κ3) is 4.28. The van der Waals surface area contributed by atoms with E-state index in [0.29, 0.717) is 30.0 Å². The van der Waals surface area contributed by atoms with Crippen LogP contribution in [0.15, 0.2) is 24.3 Å². The lowest BCUT2D eigenvalue weighted by molar-refractivity contribution is 0.0166. The summed E-state index contributed by atoms with van der Waals surface area (Å²) in [7, 11) is 0. The highest BCUT2D eigenvalue weighted by molar-refractivity contribution is 7.20. The molecule has 124 valence electrons. The van der Waals surface area contributed by atoms with Crippen LogP contribution in [0.25, 0.3) is 10.1 Å². The minimum Gasteiger partial charge on any atom is -0.379 e. The first kappa shape index (κ1) is 16.4. The number of fused-ring (bicyclic) bond motifs is 1. The normalized spacial score (nSPS) is 17.7. The minimum absolute atomic E-state index is 0.162. The van der Waals surface area contributed by atoms with E-state index < -0.39 is 0 Å². The van der Waals surface area contributed by atoms with Crippen LogP contribution < -0.4 is 5.32 Å². The summed E-state index contributed by atoms with van der Waals surface area (Å²) in [6, 6.07) is 6.49. The van der Waals surface area contributed by atoms with E-state index in [9.17, 15) is 9.18 Å². The summed E-state index contributed by atoms with van der Waals surface area (Å²) in [5, 5.41) is 3.35. The minimum atomic E-state index is -0.291. The lowest BCUT2D eigenvalue weighted by atomic mass is 10.2. The molecule has 0 spiro atoms. The summed E-state index contributed by atoms with van der Waals surface area (Å²) >= 11 is 1.30. The number of nitrogens with one attached hydrogen (secondary N) is 1. The van der Waals surface area contributed by atoms with Crippen molar-refractivity contribution in [2.75, 3.05) is 26.4 Å². The smallest absolute Gasteiger partial charge is 0.261 e. The first-order chi connectivity index (χ1) is 11.2. The number of rotatable bonds is 7. The van der Waals surface area contributed by atoms with Gasteiger partial charge in [-0.05, 0) is 37.5 Å². The van der Waals surface area contributed by atoms with E-state index in [4.69, 9.17) is 9.47 Å². The van der Waals surface area contributed by atoms with E-state index >= 15 is 0 Å². The van der Waals surface area contributed by atoms with Crippen molar-refractivity contribution in [3.63, 3.8) is 0 Å². The summed E-state index contributed by atoms with van der Waals surface area (Å²) < 4.78 is 25.4. The molecule has 0 radical (unpaired) electrons. The average Bonchev–Trinajstić information content (AvgIpc) is 3.20. The topological polar surface area (TPSA) is 47.6 Å². The number of amides is 1. The Hall–Kier alpha value is -1.50. The van der Waals surface area contributed by atoms with E-state index in [-0.39, 0.29) is 17.8 Å². The standard InChI is InChI=1S/C17H20FNO3S/c18-14-5-1-6-15-13(14)10-16(23-15)17(20)19-7-3-8-21-11-12-4-2-9-22-12/h1,5-6,10,12H,2-4,7-9,11H2,(H,19,20). The summed E-state index contributed by atoms with van der Waals surface area (Å²) in [6.07, 6.45) is 3.16. The highest BCUT2D eigenvalue weighted by atomic mass is 32.1. The molecular weight excluding hydrogens is 317 g/mol. The first-order valence-electron chi connectivity index (χ1n) is 7.89. The molecule has 0 aliphatic carbocycles. The Bertz CT molecular complexity index is 667. The van der Waals surface area contributed by atoms with Crippen LogP contribution in [0.5, 0.6) is 0 Å². The van der Waals surface area contributed by atoms with Gasteiger partial charge in [-0.2, -0.15) is 0 Å². The Morgan fingerprint density at radius 3 is 3.17 bits per heavy atom. The molecule has 1 unspecified atom stereocenters. The van der Waals surface area contributed by atoms with Crippen molar-refractivity contribution in [3.8, 4) is 0 Å². The van der Waals surface area contributed by atoms with Crippen LogP contribution in [0.1, 0.15) is 28.9 Å². The van der Waals surface area contributed by atoms with E-state index in [1.165, 1.54) is 17.4 Å². The molecule has 1 atom stereocenters. The molecule has 1 aliphatic rings. The van der Waals surface area contributed by atoms with E-state index in [1.807, 2.05) is 6.07 Å². The summed E-state index contributed by atoms with van der Waals surface area (Å²) in [4.78, 5) is 12.6. The van der Waals surface area contributed by atoms with Crippen molar-refractivity contribution < 1.29 is 18.7 Å². The molecule has 6 heteroatoms. The average molecular weight is 337 g/mol. The number of thiophene rings is 1. The Balaban J connectivity index is 1.39. The van der Waals surface area contributed by atoms with Crippen LogP contribution in [0.3, 0.4) is 0 Å². The highest BCUT2D eigenvalue weighted by Crippen LogP contribution is 2.27. The number of hydrogen-bond donors (Lipinski definition) is 1. The van der Waals surface area contributed by atoms with Crippen LogP contribution >= 0.6 is 11.3 Å². The predicted octanol–water partition coefficient (Wildman–Crippen LogP) is 3.36. The van der Waals surface area contributed by atoms with Gasteiger partial charge in [-0.1, -0.05) is 6.07 Å². The Labute approximate surface area is 138 Å². The fourth-order valence-electron chi connectivity index (χ4n) is 2.59. The number of ether oxygens (including phenoxy) is 2. The van der Waals surface area contributed by atoms with Gasteiger partial charge >= 0.3 is 0 Å². The zero-order chi connectivity index (χ0) is 16.1. The second-order valence-corrected chi connectivity index (χ2v) is 6.67. The van der Waals surface area contributed by atoms with Crippen molar-refractivity contribution in [2.45, 2.75) is 25.4 Å².